The number of aromatic nitrogens is 2. The van der Waals surface area contributed by atoms with Gasteiger partial charge in [0.2, 0.25) is 0 Å². The molecule has 1 aromatic heterocycles. The summed E-state index contributed by atoms with van der Waals surface area (Å²) < 4.78 is 5.37. The van der Waals surface area contributed by atoms with Gasteiger partial charge in [0.05, 0.1) is 6.10 Å². The minimum absolute atomic E-state index is 0.310. The molecule has 114 valence electrons. The summed E-state index contributed by atoms with van der Waals surface area (Å²) >= 11 is 0. The largest absolute Gasteiger partial charge is 0.393 e. The van der Waals surface area contributed by atoms with Gasteiger partial charge in [0.15, 0.2) is 5.82 Å². The number of nitrogens with one attached hydrogen (secondary N) is 1. The van der Waals surface area contributed by atoms with Gasteiger partial charge in [-0.25, -0.2) is 9.97 Å². The number of anilines is 2. The SMILES string of the molecule is CCNc1cc(N(C)CCC(C)O)nc(COCC)n1. The molecular weight excluding hydrogens is 256 g/mol. The molecule has 1 rings (SSSR count). The molecule has 0 amide bonds. The van der Waals surface area contributed by atoms with E-state index in [1.807, 2.05) is 31.9 Å². The van der Waals surface area contributed by atoms with Gasteiger partial charge in [0.25, 0.3) is 0 Å². The summed E-state index contributed by atoms with van der Waals surface area (Å²) in [7, 11) is 1.96. The predicted octanol–water partition coefficient (Wildman–Crippen LogP) is 1.65. The third kappa shape index (κ3) is 5.71. The molecule has 20 heavy (non-hydrogen) atoms. The molecule has 1 unspecified atom stereocenters. The van der Waals surface area contributed by atoms with Crippen LogP contribution in [0.5, 0.6) is 0 Å². The maximum atomic E-state index is 9.37. The molecule has 0 saturated heterocycles. The number of aliphatic hydroxyl groups excluding tert-OH is 1. The van der Waals surface area contributed by atoms with E-state index in [9.17, 15) is 5.11 Å². The summed E-state index contributed by atoms with van der Waals surface area (Å²) in [5.41, 5.74) is 0. The molecule has 0 aliphatic rings. The Bertz CT molecular complexity index is 399. The Balaban J connectivity index is 2.83. The molecule has 2 N–H and O–H groups in total. The van der Waals surface area contributed by atoms with Crippen molar-refractivity contribution in [2.24, 2.45) is 0 Å². The van der Waals surface area contributed by atoms with Crippen LogP contribution in [0.15, 0.2) is 6.07 Å². The van der Waals surface area contributed by atoms with Gasteiger partial charge in [0, 0.05) is 32.8 Å². The number of nitrogens with zero attached hydrogens (tertiary/aromatic N) is 3. The van der Waals surface area contributed by atoms with Crippen molar-refractivity contribution in [3.05, 3.63) is 11.9 Å². The van der Waals surface area contributed by atoms with Crippen LogP contribution >= 0.6 is 0 Å². The van der Waals surface area contributed by atoms with E-state index >= 15 is 0 Å². The van der Waals surface area contributed by atoms with E-state index in [0.29, 0.717) is 25.5 Å². The van der Waals surface area contributed by atoms with Gasteiger partial charge < -0.3 is 20.1 Å². The van der Waals surface area contributed by atoms with E-state index in [2.05, 4.69) is 15.3 Å². The van der Waals surface area contributed by atoms with Crippen LogP contribution in [0.3, 0.4) is 0 Å². The Morgan fingerprint density at radius 1 is 1.40 bits per heavy atom. The van der Waals surface area contributed by atoms with Crippen LogP contribution in [0, 0.1) is 0 Å². The fraction of sp³-hybridized carbons (Fsp3) is 0.714. The number of ether oxygens (including phenoxy) is 1. The molecule has 0 radical (unpaired) electrons. The van der Waals surface area contributed by atoms with Crippen LogP contribution in [0.1, 0.15) is 33.0 Å². The summed E-state index contributed by atoms with van der Waals surface area (Å²) in [4.78, 5) is 10.9. The van der Waals surface area contributed by atoms with Gasteiger partial charge in [-0.05, 0) is 27.2 Å². The number of rotatable bonds is 9. The maximum Gasteiger partial charge on any atom is 0.158 e. The van der Waals surface area contributed by atoms with Crippen LogP contribution in [0.4, 0.5) is 11.6 Å². The number of hydrogen-bond donors (Lipinski definition) is 2. The molecule has 0 saturated carbocycles. The Morgan fingerprint density at radius 2 is 2.15 bits per heavy atom. The molecule has 6 nitrogen and oxygen atoms in total. The molecule has 0 fully saturated rings. The molecule has 6 heteroatoms. The number of aliphatic hydroxyl groups is 1. The van der Waals surface area contributed by atoms with Gasteiger partial charge in [-0.15, -0.1) is 0 Å². The van der Waals surface area contributed by atoms with Crippen LogP contribution in [0.25, 0.3) is 0 Å². The molecule has 0 aromatic carbocycles. The van der Waals surface area contributed by atoms with Crippen LogP contribution < -0.4 is 10.2 Å². The second-order valence-electron chi connectivity index (χ2n) is 4.75. The van der Waals surface area contributed by atoms with Crippen molar-refractivity contribution in [2.45, 2.75) is 39.9 Å². The topological polar surface area (TPSA) is 70.5 Å². The van der Waals surface area contributed by atoms with Crippen molar-refractivity contribution in [2.75, 3.05) is 37.0 Å². The molecule has 0 aliphatic heterocycles. The van der Waals surface area contributed by atoms with E-state index in [1.165, 1.54) is 0 Å². The first kappa shape index (κ1) is 16.7. The average molecular weight is 282 g/mol. The highest BCUT2D eigenvalue weighted by atomic mass is 16.5. The maximum absolute atomic E-state index is 9.37. The normalized spacial score (nSPS) is 12.2. The zero-order valence-electron chi connectivity index (χ0n) is 12.9. The standard InChI is InChI=1S/C14H26N4O2/c1-5-15-12-9-14(18(4)8-7-11(3)19)17-13(16-12)10-20-6-2/h9,11,19H,5-8,10H2,1-4H3,(H,15,16,17). The smallest absolute Gasteiger partial charge is 0.158 e. The van der Waals surface area contributed by atoms with Crippen molar-refractivity contribution in [1.29, 1.82) is 0 Å². The van der Waals surface area contributed by atoms with Crippen LogP contribution in [-0.4, -0.2) is 47.9 Å². The van der Waals surface area contributed by atoms with Gasteiger partial charge >= 0.3 is 0 Å². The first-order valence-electron chi connectivity index (χ1n) is 7.15. The van der Waals surface area contributed by atoms with E-state index in [-0.39, 0.29) is 6.10 Å². The van der Waals surface area contributed by atoms with Crippen molar-refractivity contribution < 1.29 is 9.84 Å². The molecular formula is C14H26N4O2. The number of hydrogen-bond acceptors (Lipinski definition) is 6. The molecule has 1 aromatic rings. The zero-order valence-corrected chi connectivity index (χ0v) is 12.9. The first-order valence-corrected chi connectivity index (χ1v) is 7.15. The lowest BCUT2D eigenvalue weighted by atomic mass is 10.3. The highest BCUT2D eigenvalue weighted by Crippen LogP contribution is 2.16. The summed E-state index contributed by atoms with van der Waals surface area (Å²) in [6, 6.07) is 1.92. The fourth-order valence-corrected chi connectivity index (χ4v) is 1.70. The average Bonchev–Trinajstić information content (AvgIpc) is 2.42. The van der Waals surface area contributed by atoms with Gasteiger partial charge in [0.1, 0.15) is 18.2 Å². The second-order valence-corrected chi connectivity index (χ2v) is 4.75. The minimum Gasteiger partial charge on any atom is -0.393 e. The second kappa shape index (κ2) is 8.71. The third-order valence-electron chi connectivity index (χ3n) is 2.83. The highest BCUT2D eigenvalue weighted by molar-refractivity contribution is 5.48. The van der Waals surface area contributed by atoms with Gasteiger partial charge in [-0.1, -0.05) is 0 Å². The highest BCUT2D eigenvalue weighted by Gasteiger charge is 2.09. The summed E-state index contributed by atoms with van der Waals surface area (Å²) in [6.45, 7) is 8.37. The van der Waals surface area contributed by atoms with E-state index in [0.717, 1.165) is 24.7 Å². The Morgan fingerprint density at radius 3 is 2.75 bits per heavy atom. The van der Waals surface area contributed by atoms with Crippen molar-refractivity contribution in [3.8, 4) is 0 Å². The van der Waals surface area contributed by atoms with Gasteiger partial charge in [-0.2, -0.15) is 0 Å². The first-order chi connectivity index (χ1) is 9.56. The Kier molecular flexibility index (Phi) is 7.25. The molecule has 0 bridgehead atoms. The predicted molar refractivity (Wildman–Crippen MR) is 81.1 cm³/mol. The lowest BCUT2D eigenvalue weighted by Crippen LogP contribution is -2.23. The Hall–Kier alpha value is -1.40. The van der Waals surface area contributed by atoms with E-state index in [4.69, 9.17) is 4.74 Å². The lowest BCUT2D eigenvalue weighted by Gasteiger charge is -2.20. The summed E-state index contributed by atoms with van der Waals surface area (Å²) in [5.74, 6) is 2.31. The van der Waals surface area contributed by atoms with Crippen molar-refractivity contribution >= 4 is 11.6 Å². The van der Waals surface area contributed by atoms with Crippen molar-refractivity contribution in [3.63, 3.8) is 0 Å². The molecule has 0 spiro atoms. The van der Waals surface area contributed by atoms with E-state index in [1.54, 1.807) is 6.92 Å². The van der Waals surface area contributed by atoms with E-state index < -0.39 is 0 Å². The molecule has 1 atom stereocenters. The zero-order chi connectivity index (χ0) is 15.0. The van der Waals surface area contributed by atoms with Crippen LogP contribution in [-0.2, 0) is 11.3 Å². The quantitative estimate of drug-likeness (QED) is 0.717. The summed E-state index contributed by atoms with van der Waals surface area (Å²) in [6.07, 6.45) is 0.396. The van der Waals surface area contributed by atoms with Crippen LogP contribution in [0.2, 0.25) is 0 Å². The Labute approximate surface area is 121 Å². The third-order valence-corrected chi connectivity index (χ3v) is 2.83. The molecule has 1 heterocycles. The lowest BCUT2D eigenvalue weighted by molar-refractivity contribution is 0.128. The molecule has 0 aliphatic carbocycles. The van der Waals surface area contributed by atoms with Gasteiger partial charge in [-0.3, -0.25) is 0 Å². The minimum atomic E-state index is -0.310. The summed E-state index contributed by atoms with van der Waals surface area (Å²) in [5, 5.41) is 12.6. The fourth-order valence-electron chi connectivity index (χ4n) is 1.70. The monoisotopic (exact) mass is 282 g/mol. The van der Waals surface area contributed by atoms with Crippen molar-refractivity contribution in [1.82, 2.24) is 9.97 Å².